The van der Waals surface area contributed by atoms with Gasteiger partial charge >= 0.3 is 0 Å². The van der Waals surface area contributed by atoms with Crippen LogP contribution in [0, 0.1) is 0 Å². The zero-order valence-corrected chi connectivity index (χ0v) is 8.26. The van der Waals surface area contributed by atoms with Crippen LogP contribution in [-0.4, -0.2) is 71.6 Å². The molecule has 3 heterocycles. The van der Waals surface area contributed by atoms with E-state index >= 15 is 0 Å². The summed E-state index contributed by atoms with van der Waals surface area (Å²) in [5.74, 6) is -0.485. The van der Waals surface area contributed by atoms with Gasteiger partial charge in [0.1, 0.15) is 0 Å². The number of nitrogens with zero attached hydrogens (tertiary/aromatic N) is 12. The Balaban J connectivity index is 2.00. The average Bonchev–Trinajstić information content (AvgIpc) is 2.98. The Hall–Kier alpha value is -3.32. The minimum atomic E-state index is -0.134. The van der Waals surface area contributed by atoms with Crippen molar-refractivity contribution in [2.45, 2.75) is 0 Å². The molecule has 0 aliphatic heterocycles. The second-order valence-electron chi connectivity index (χ2n) is 2.83. The van der Waals surface area contributed by atoms with E-state index in [0.717, 1.165) is 0 Å². The van der Waals surface area contributed by atoms with Gasteiger partial charge in [0, 0.05) is 0 Å². The molecule has 0 fully saturated rings. The van der Waals surface area contributed by atoms with Crippen LogP contribution in [0.4, 0.5) is 0 Å². The van der Waals surface area contributed by atoms with Crippen LogP contribution in [0.1, 0.15) is 0 Å². The van der Waals surface area contributed by atoms with E-state index in [2.05, 4.69) is 51.4 Å². The summed E-state index contributed by atoms with van der Waals surface area (Å²) in [5, 5.41) is 52.4. The molecule has 0 saturated heterocycles. The first-order chi connectivity index (χ1) is 8.75. The Morgan fingerprint density at radius 3 is 1.28 bits per heavy atom. The summed E-state index contributed by atoms with van der Waals surface area (Å²) in [6, 6.07) is 0. The molecular formula is C4H2N12O2. The van der Waals surface area contributed by atoms with Gasteiger partial charge in [0.15, 0.2) is 0 Å². The van der Waals surface area contributed by atoms with Crippen molar-refractivity contribution in [3.8, 4) is 23.3 Å². The zero-order chi connectivity index (χ0) is 12.5. The maximum absolute atomic E-state index is 9.17. The second kappa shape index (κ2) is 3.61. The molecule has 0 aliphatic rings. The van der Waals surface area contributed by atoms with Gasteiger partial charge in [0.05, 0.1) is 0 Å². The highest BCUT2D eigenvalue weighted by atomic mass is 16.5. The van der Waals surface area contributed by atoms with Crippen molar-refractivity contribution in [2.75, 3.05) is 0 Å². The third-order valence-corrected chi connectivity index (χ3v) is 1.79. The largest absolute Gasteiger partial charge is 0.409 e. The fourth-order valence-electron chi connectivity index (χ4n) is 1.04. The van der Waals surface area contributed by atoms with E-state index in [1.54, 1.807) is 0 Å². The molecule has 0 bridgehead atoms. The van der Waals surface area contributed by atoms with Crippen LogP contribution in [-0.2, 0) is 0 Å². The van der Waals surface area contributed by atoms with Crippen molar-refractivity contribution in [2.24, 2.45) is 0 Å². The van der Waals surface area contributed by atoms with E-state index in [-0.39, 0.29) is 23.3 Å². The van der Waals surface area contributed by atoms with E-state index in [4.69, 9.17) is 10.4 Å². The fourth-order valence-corrected chi connectivity index (χ4v) is 1.04. The first kappa shape index (κ1) is 9.87. The Morgan fingerprint density at radius 2 is 1.00 bits per heavy atom. The van der Waals surface area contributed by atoms with E-state index in [0.29, 0.717) is 9.69 Å². The van der Waals surface area contributed by atoms with Gasteiger partial charge < -0.3 is 10.4 Å². The van der Waals surface area contributed by atoms with Crippen LogP contribution < -0.4 is 0 Å². The quantitative estimate of drug-likeness (QED) is 0.442. The third kappa shape index (κ3) is 1.44. The Kier molecular flexibility index (Phi) is 1.98. The molecule has 3 aromatic heterocycles. The predicted molar refractivity (Wildman–Crippen MR) is 45.6 cm³/mol. The van der Waals surface area contributed by atoms with Crippen LogP contribution in [0.2, 0.25) is 0 Å². The number of hydrogen-bond donors (Lipinski definition) is 2. The minimum absolute atomic E-state index is 0.108. The van der Waals surface area contributed by atoms with E-state index in [1.807, 2.05) is 0 Å². The van der Waals surface area contributed by atoms with Crippen molar-refractivity contribution in [3.63, 3.8) is 0 Å². The standard InChI is InChI=1S/C4H2N12O2/c17-15-3(9-11-13-15)1-5-7-2(8-6-1)4-10-12-14-16(4)18/h17-18H. The minimum Gasteiger partial charge on any atom is -0.409 e. The summed E-state index contributed by atoms with van der Waals surface area (Å²) < 4.78 is 0. The predicted octanol–water partition coefficient (Wildman–Crippen LogP) is -2.95. The van der Waals surface area contributed by atoms with Crippen LogP contribution in [0.25, 0.3) is 23.3 Å². The van der Waals surface area contributed by atoms with Crippen LogP contribution in [0.3, 0.4) is 0 Å². The highest BCUT2D eigenvalue weighted by Crippen LogP contribution is 2.09. The number of aromatic nitrogens is 12. The van der Waals surface area contributed by atoms with E-state index in [9.17, 15) is 0 Å². The summed E-state index contributed by atoms with van der Waals surface area (Å²) in [4.78, 5) is 0.739. The molecule has 0 unspecified atom stereocenters. The molecule has 14 nitrogen and oxygen atoms in total. The highest BCUT2D eigenvalue weighted by Gasteiger charge is 2.16. The van der Waals surface area contributed by atoms with Crippen molar-refractivity contribution in [3.05, 3.63) is 0 Å². The van der Waals surface area contributed by atoms with Gasteiger partial charge in [0.2, 0.25) is 11.6 Å². The normalized spacial score (nSPS) is 10.7. The number of rotatable bonds is 2. The fraction of sp³-hybridized carbons (Fsp3) is 0. The molecule has 3 rings (SSSR count). The summed E-state index contributed by atoms with van der Waals surface area (Å²) in [6.07, 6.45) is 0. The molecule has 0 aliphatic carbocycles. The summed E-state index contributed by atoms with van der Waals surface area (Å²) in [6.45, 7) is 0. The maximum atomic E-state index is 9.17. The zero-order valence-electron chi connectivity index (χ0n) is 8.26. The molecule has 2 N–H and O–H groups in total. The Labute approximate surface area is 95.8 Å². The Morgan fingerprint density at radius 1 is 0.611 bits per heavy atom. The van der Waals surface area contributed by atoms with Crippen molar-refractivity contribution in [1.82, 2.24) is 61.1 Å². The number of hydrogen-bond acceptors (Lipinski definition) is 12. The van der Waals surface area contributed by atoms with Gasteiger partial charge in [-0.15, -0.1) is 30.6 Å². The van der Waals surface area contributed by atoms with Gasteiger partial charge in [0.25, 0.3) is 11.6 Å². The molecule has 14 heteroatoms. The molecule has 0 aromatic carbocycles. The highest BCUT2D eigenvalue weighted by molar-refractivity contribution is 5.43. The molecule has 3 aromatic rings. The van der Waals surface area contributed by atoms with Crippen LogP contribution >= 0.6 is 0 Å². The first-order valence-corrected chi connectivity index (χ1v) is 4.29. The lowest BCUT2D eigenvalue weighted by molar-refractivity contribution is 0.146. The molecular weight excluding hydrogens is 248 g/mol. The maximum Gasteiger partial charge on any atom is 0.263 e. The molecule has 0 saturated carbocycles. The molecule has 0 radical (unpaired) electrons. The van der Waals surface area contributed by atoms with Gasteiger partial charge in [-0.1, -0.05) is 9.69 Å². The monoisotopic (exact) mass is 250 g/mol. The molecule has 0 spiro atoms. The van der Waals surface area contributed by atoms with Crippen molar-refractivity contribution in [1.29, 1.82) is 0 Å². The lowest BCUT2D eigenvalue weighted by Gasteiger charge is -1.95. The molecule has 0 amide bonds. The van der Waals surface area contributed by atoms with Gasteiger partial charge in [-0.2, -0.15) is 0 Å². The second-order valence-corrected chi connectivity index (χ2v) is 2.83. The van der Waals surface area contributed by atoms with Crippen LogP contribution in [0.15, 0.2) is 0 Å². The smallest absolute Gasteiger partial charge is 0.263 e. The molecule has 90 valence electrons. The molecule has 18 heavy (non-hydrogen) atoms. The summed E-state index contributed by atoms with van der Waals surface area (Å²) in [7, 11) is 0. The van der Waals surface area contributed by atoms with E-state index in [1.165, 1.54) is 0 Å². The lowest BCUT2D eigenvalue weighted by atomic mass is 10.6. The SMILES string of the molecule is On1nnnc1-c1nnc(-c2nnnn2O)nn1. The topological polar surface area (TPSA) is 179 Å². The number of tetrazole rings is 2. The van der Waals surface area contributed by atoms with Gasteiger partial charge in [-0.25, -0.2) is 0 Å². The summed E-state index contributed by atoms with van der Waals surface area (Å²) >= 11 is 0. The van der Waals surface area contributed by atoms with E-state index < -0.39 is 0 Å². The summed E-state index contributed by atoms with van der Waals surface area (Å²) in [5.41, 5.74) is 0. The van der Waals surface area contributed by atoms with Gasteiger partial charge in [-0.3, -0.25) is 0 Å². The Bertz CT molecular complexity index is 610. The van der Waals surface area contributed by atoms with Crippen molar-refractivity contribution < 1.29 is 10.4 Å². The third-order valence-electron chi connectivity index (χ3n) is 1.79. The lowest BCUT2D eigenvalue weighted by Crippen LogP contribution is -2.06. The van der Waals surface area contributed by atoms with Gasteiger partial charge in [-0.05, 0) is 20.9 Å². The molecule has 0 atom stereocenters. The van der Waals surface area contributed by atoms with Crippen molar-refractivity contribution >= 4 is 0 Å². The average molecular weight is 250 g/mol. The first-order valence-electron chi connectivity index (χ1n) is 4.29. The van der Waals surface area contributed by atoms with Crippen LogP contribution in [0.5, 0.6) is 0 Å².